The van der Waals surface area contributed by atoms with Crippen molar-refractivity contribution in [3.05, 3.63) is 175 Å². The van der Waals surface area contributed by atoms with Gasteiger partial charge >= 0.3 is 0 Å². The third-order valence-corrected chi connectivity index (χ3v) is 12.8. The van der Waals surface area contributed by atoms with Gasteiger partial charge in [0.15, 0.2) is 17.5 Å². The quantitative estimate of drug-likeness (QED) is 0.175. The van der Waals surface area contributed by atoms with Crippen molar-refractivity contribution >= 4 is 43.5 Å². The average Bonchev–Trinajstić information content (AvgIpc) is 3.66. The van der Waals surface area contributed by atoms with Crippen molar-refractivity contribution < 1.29 is 4.42 Å². The predicted octanol–water partition coefficient (Wildman–Crippen LogP) is 14.8. The molecule has 0 fully saturated rings. The number of furan rings is 1. The van der Waals surface area contributed by atoms with Crippen molar-refractivity contribution in [1.29, 1.82) is 0 Å². The van der Waals surface area contributed by atoms with Gasteiger partial charge in [0.05, 0.1) is 0 Å². The van der Waals surface area contributed by atoms with Crippen LogP contribution in [0.1, 0.15) is 51.7 Å². The Morgan fingerprint density at radius 1 is 0.390 bits per heavy atom. The first kappa shape index (κ1) is 35.3. The standard InChI is InChI=1S/C55H43N3O/c1-54(2)27-28-55(3,4)47-32-40(24-26-46(47)54)41-23-25-44-49(33-41)59-48-16-10-15-45(50(44)48)53-57-51(42-21-17-35-13-8-9-14-36(35)30-42)56-52(58-53)43-22-20-38-29-37(18-19-39(38)31-43)34-11-6-5-7-12-34/h5-26,29-33H,27-28H2,1-4H3. The highest BCUT2D eigenvalue weighted by Gasteiger charge is 2.37. The van der Waals surface area contributed by atoms with Crippen LogP contribution in [0.25, 0.3) is 99.9 Å². The lowest BCUT2D eigenvalue weighted by molar-refractivity contribution is 0.332. The molecule has 0 saturated carbocycles. The Balaban J connectivity index is 1.05. The molecule has 1 aliphatic carbocycles. The number of benzene rings is 8. The second-order valence-corrected chi connectivity index (χ2v) is 17.5. The van der Waals surface area contributed by atoms with E-state index in [-0.39, 0.29) is 10.8 Å². The topological polar surface area (TPSA) is 51.8 Å². The molecule has 0 spiro atoms. The zero-order valence-corrected chi connectivity index (χ0v) is 33.8. The zero-order chi connectivity index (χ0) is 39.9. The lowest BCUT2D eigenvalue weighted by Crippen LogP contribution is -2.33. The molecule has 0 atom stereocenters. The third-order valence-electron chi connectivity index (χ3n) is 12.8. The minimum Gasteiger partial charge on any atom is -0.456 e. The molecule has 0 radical (unpaired) electrons. The van der Waals surface area contributed by atoms with Crippen molar-refractivity contribution in [2.24, 2.45) is 0 Å². The second kappa shape index (κ2) is 13.3. The molecule has 11 rings (SSSR count). The Kier molecular flexibility index (Phi) is 7.96. The number of hydrogen-bond donors (Lipinski definition) is 0. The lowest BCUT2D eigenvalue weighted by Gasteiger charge is -2.42. The molecule has 2 aromatic heterocycles. The van der Waals surface area contributed by atoms with Crippen LogP contribution in [0.15, 0.2) is 168 Å². The van der Waals surface area contributed by atoms with E-state index in [1.165, 1.54) is 46.0 Å². The summed E-state index contributed by atoms with van der Waals surface area (Å²) >= 11 is 0. The first-order valence-electron chi connectivity index (χ1n) is 20.6. The minimum atomic E-state index is 0.132. The summed E-state index contributed by atoms with van der Waals surface area (Å²) in [5.74, 6) is 1.85. The summed E-state index contributed by atoms with van der Waals surface area (Å²) in [7, 11) is 0. The maximum Gasteiger partial charge on any atom is 0.164 e. The molecule has 4 heteroatoms. The summed E-state index contributed by atoms with van der Waals surface area (Å²) in [4.78, 5) is 15.6. The average molecular weight is 762 g/mol. The first-order valence-corrected chi connectivity index (χ1v) is 20.6. The fraction of sp³-hybridized carbons (Fsp3) is 0.145. The van der Waals surface area contributed by atoms with Gasteiger partial charge in [0.1, 0.15) is 11.2 Å². The van der Waals surface area contributed by atoms with Gasteiger partial charge in [-0.15, -0.1) is 0 Å². The monoisotopic (exact) mass is 761 g/mol. The summed E-state index contributed by atoms with van der Waals surface area (Å²) < 4.78 is 6.66. The molecule has 0 bridgehead atoms. The number of hydrogen-bond acceptors (Lipinski definition) is 4. The van der Waals surface area contributed by atoms with Crippen LogP contribution in [0.4, 0.5) is 0 Å². The van der Waals surface area contributed by atoms with Crippen LogP contribution < -0.4 is 0 Å². The minimum absolute atomic E-state index is 0.132. The Morgan fingerprint density at radius 2 is 0.932 bits per heavy atom. The highest BCUT2D eigenvalue weighted by atomic mass is 16.3. The van der Waals surface area contributed by atoms with E-state index in [0.29, 0.717) is 17.5 Å². The van der Waals surface area contributed by atoms with Gasteiger partial charge in [0.25, 0.3) is 0 Å². The number of rotatable bonds is 5. The van der Waals surface area contributed by atoms with Crippen LogP contribution in [0.3, 0.4) is 0 Å². The summed E-state index contributed by atoms with van der Waals surface area (Å²) in [6, 6.07) is 58.3. The molecule has 10 aromatic rings. The van der Waals surface area contributed by atoms with E-state index < -0.39 is 0 Å². The van der Waals surface area contributed by atoms with Gasteiger partial charge in [-0.2, -0.15) is 0 Å². The van der Waals surface area contributed by atoms with Crippen LogP contribution in [0.2, 0.25) is 0 Å². The van der Waals surface area contributed by atoms with Gasteiger partial charge in [-0.3, -0.25) is 0 Å². The number of fused-ring (bicyclic) bond motifs is 6. The SMILES string of the molecule is CC1(C)CCC(C)(C)c2cc(-c3ccc4c(c3)oc3cccc(-c5nc(-c6ccc7ccccc7c6)nc(-c6ccc7cc(-c8ccccc8)ccc7c6)n5)c34)ccc21. The van der Waals surface area contributed by atoms with Crippen LogP contribution in [0, 0.1) is 0 Å². The van der Waals surface area contributed by atoms with E-state index in [1.54, 1.807) is 0 Å². The highest BCUT2D eigenvalue weighted by Crippen LogP contribution is 2.47. The molecule has 0 aliphatic heterocycles. The Bertz CT molecular complexity index is 3280. The fourth-order valence-electron chi connectivity index (χ4n) is 9.24. The zero-order valence-electron chi connectivity index (χ0n) is 33.8. The van der Waals surface area contributed by atoms with Crippen LogP contribution in [-0.4, -0.2) is 15.0 Å². The van der Waals surface area contributed by atoms with Crippen LogP contribution in [0.5, 0.6) is 0 Å². The van der Waals surface area contributed by atoms with E-state index in [0.717, 1.165) is 60.4 Å². The molecule has 0 N–H and O–H groups in total. The summed E-state index contributed by atoms with van der Waals surface area (Å²) in [6.45, 7) is 9.52. The summed E-state index contributed by atoms with van der Waals surface area (Å²) in [5.41, 5.74) is 12.4. The van der Waals surface area contributed by atoms with E-state index in [9.17, 15) is 0 Å². The molecule has 1 aliphatic rings. The van der Waals surface area contributed by atoms with E-state index in [1.807, 2.05) is 12.1 Å². The van der Waals surface area contributed by atoms with Gasteiger partial charge in [0.2, 0.25) is 0 Å². The first-order chi connectivity index (χ1) is 28.7. The molecule has 4 nitrogen and oxygen atoms in total. The maximum absolute atomic E-state index is 6.66. The molecular formula is C55H43N3O. The van der Waals surface area contributed by atoms with Gasteiger partial charge < -0.3 is 4.42 Å². The molecule has 59 heavy (non-hydrogen) atoms. The van der Waals surface area contributed by atoms with Gasteiger partial charge in [-0.05, 0) is 115 Å². The molecule has 0 saturated heterocycles. The molecule has 284 valence electrons. The fourth-order valence-corrected chi connectivity index (χ4v) is 9.24. The summed E-state index contributed by atoms with van der Waals surface area (Å²) in [5, 5.41) is 6.63. The smallest absolute Gasteiger partial charge is 0.164 e. The van der Waals surface area contributed by atoms with Gasteiger partial charge in [-0.1, -0.05) is 155 Å². The molecular weight excluding hydrogens is 719 g/mol. The Hall–Kier alpha value is -6.91. The number of aromatic nitrogens is 3. The Labute approximate surface area is 344 Å². The van der Waals surface area contributed by atoms with Crippen LogP contribution >= 0.6 is 0 Å². The van der Waals surface area contributed by atoms with Crippen LogP contribution in [-0.2, 0) is 10.8 Å². The molecule has 2 heterocycles. The largest absolute Gasteiger partial charge is 0.456 e. The molecule has 0 unspecified atom stereocenters. The highest BCUT2D eigenvalue weighted by molar-refractivity contribution is 6.12. The van der Waals surface area contributed by atoms with Crippen molar-refractivity contribution in [1.82, 2.24) is 15.0 Å². The van der Waals surface area contributed by atoms with Crippen molar-refractivity contribution in [2.75, 3.05) is 0 Å². The van der Waals surface area contributed by atoms with E-state index in [4.69, 9.17) is 19.4 Å². The van der Waals surface area contributed by atoms with Gasteiger partial charge in [0, 0.05) is 27.5 Å². The van der Waals surface area contributed by atoms with Crippen molar-refractivity contribution in [3.63, 3.8) is 0 Å². The predicted molar refractivity (Wildman–Crippen MR) is 245 cm³/mol. The normalized spacial score (nSPS) is 14.6. The van der Waals surface area contributed by atoms with E-state index in [2.05, 4.69) is 179 Å². The maximum atomic E-state index is 6.66. The number of nitrogens with zero attached hydrogens (tertiary/aromatic N) is 3. The Morgan fingerprint density at radius 3 is 1.68 bits per heavy atom. The van der Waals surface area contributed by atoms with E-state index >= 15 is 0 Å². The van der Waals surface area contributed by atoms with Crippen molar-refractivity contribution in [3.8, 4) is 56.4 Å². The van der Waals surface area contributed by atoms with Crippen molar-refractivity contribution in [2.45, 2.75) is 51.4 Å². The third kappa shape index (κ3) is 6.10. The second-order valence-electron chi connectivity index (χ2n) is 17.5. The summed E-state index contributed by atoms with van der Waals surface area (Å²) in [6.07, 6.45) is 2.38. The lowest BCUT2D eigenvalue weighted by atomic mass is 9.63. The molecule has 8 aromatic carbocycles. The molecule has 0 amide bonds. The van der Waals surface area contributed by atoms with Gasteiger partial charge in [-0.25, -0.2) is 15.0 Å².